The second kappa shape index (κ2) is 12.6. The van der Waals surface area contributed by atoms with Crippen LogP contribution in [0.3, 0.4) is 0 Å². The minimum Gasteiger partial charge on any atom is -0.374 e. The highest BCUT2D eigenvalue weighted by molar-refractivity contribution is 6.60. The number of nitrogens with two attached hydrogens (primary N) is 1. The Balaban J connectivity index is 2.40. The number of rotatable bonds is 14. The van der Waals surface area contributed by atoms with Crippen LogP contribution in [-0.2, 0) is 19.8 Å². The lowest BCUT2D eigenvalue weighted by Crippen LogP contribution is -2.48. The van der Waals surface area contributed by atoms with Crippen LogP contribution in [0.4, 0.5) is 0 Å². The van der Waals surface area contributed by atoms with Gasteiger partial charge in [-0.3, -0.25) is 0 Å². The van der Waals surface area contributed by atoms with Gasteiger partial charge in [-0.05, 0) is 52.3 Å². The first-order valence-corrected chi connectivity index (χ1v) is 11.0. The molecule has 24 heavy (non-hydrogen) atoms. The molecule has 6 heteroatoms. The first-order chi connectivity index (χ1) is 11.7. The third kappa shape index (κ3) is 8.37. The van der Waals surface area contributed by atoms with Gasteiger partial charge in [0.05, 0.1) is 0 Å². The largest absolute Gasteiger partial charge is 0.501 e. The van der Waals surface area contributed by atoms with Crippen molar-refractivity contribution < 1.29 is 13.3 Å². The fraction of sp³-hybridized carbons (Fsp3) is 0.667. The van der Waals surface area contributed by atoms with Crippen molar-refractivity contribution in [2.75, 3.05) is 26.3 Å². The summed E-state index contributed by atoms with van der Waals surface area (Å²) >= 11 is 0. The molecule has 138 valence electrons. The molecule has 0 aliphatic carbocycles. The summed E-state index contributed by atoms with van der Waals surface area (Å²) in [6.45, 7) is 9.68. The summed E-state index contributed by atoms with van der Waals surface area (Å²) in [4.78, 5) is 0. The van der Waals surface area contributed by atoms with Crippen molar-refractivity contribution in [1.29, 1.82) is 0 Å². The SMILES string of the molecule is CCO[Si](CCCN)(OCC)OC(C)CCNCc1ccccc1. The molecule has 3 N–H and O–H groups in total. The van der Waals surface area contributed by atoms with E-state index in [1.54, 1.807) is 0 Å². The van der Waals surface area contributed by atoms with Crippen molar-refractivity contribution in [2.45, 2.75) is 52.3 Å². The van der Waals surface area contributed by atoms with Crippen LogP contribution < -0.4 is 11.1 Å². The molecule has 0 spiro atoms. The average Bonchev–Trinajstić information content (AvgIpc) is 2.58. The molecule has 0 aliphatic rings. The van der Waals surface area contributed by atoms with Crippen molar-refractivity contribution >= 4 is 8.80 Å². The van der Waals surface area contributed by atoms with Crippen LogP contribution in [0.25, 0.3) is 0 Å². The minimum absolute atomic E-state index is 0.0933. The smallest absolute Gasteiger partial charge is 0.374 e. The van der Waals surface area contributed by atoms with E-state index in [1.807, 2.05) is 19.9 Å². The fourth-order valence-electron chi connectivity index (χ4n) is 2.57. The van der Waals surface area contributed by atoms with E-state index < -0.39 is 8.80 Å². The number of hydrogen-bond donors (Lipinski definition) is 2. The molecule has 1 atom stereocenters. The van der Waals surface area contributed by atoms with Gasteiger partial charge in [0.2, 0.25) is 0 Å². The molecule has 0 bridgehead atoms. The van der Waals surface area contributed by atoms with Crippen molar-refractivity contribution in [2.24, 2.45) is 5.73 Å². The van der Waals surface area contributed by atoms with Gasteiger partial charge in [0.25, 0.3) is 0 Å². The standard InChI is InChI=1S/C18H34N2O3Si/c1-4-21-24(22-5-2,15-9-13-19)23-17(3)12-14-20-16-18-10-7-6-8-11-18/h6-8,10-11,17,20H,4-5,9,12-16,19H2,1-3H3. The Kier molecular flexibility index (Phi) is 11.2. The summed E-state index contributed by atoms with van der Waals surface area (Å²) in [7, 11) is -2.61. The topological polar surface area (TPSA) is 65.7 Å². The lowest BCUT2D eigenvalue weighted by molar-refractivity contribution is 0.0354. The highest BCUT2D eigenvalue weighted by atomic mass is 28.4. The summed E-state index contributed by atoms with van der Waals surface area (Å²) in [6, 6.07) is 11.2. The molecule has 0 amide bonds. The van der Waals surface area contributed by atoms with E-state index in [1.165, 1.54) is 5.56 Å². The van der Waals surface area contributed by atoms with Crippen LogP contribution in [0.2, 0.25) is 6.04 Å². The molecule has 0 saturated carbocycles. The van der Waals surface area contributed by atoms with Gasteiger partial charge in [-0.2, -0.15) is 0 Å². The van der Waals surface area contributed by atoms with Gasteiger partial charge in [0.15, 0.2) is 0 Å². The fourth-order valence-corrected chi connectivity index (χ4v) is 5.44. The zero-order chi connectivity index (χ0) is 17.7. The molecular formula is C18H34N2O3Si. The second-order valence-electron chi connectivity index (χ2n) is 5.82. The molecule has 1 rings (SSSR count). The Bertz CT molecular complexity index is 414. The van der Waals surface area contributed by atoms with Gasteiger partial charge in [-0.25, -0.2) is 0 Å². The van der Waals surface area contributed by atoms with Gasteiger partial charge < -0.3 is 24.3 Å². The maximum atomic E-state index is 6.27. The molecule has 0 fully saturated rings. The van der Waals surface area contributed by atoms with Gasteiger partial charge in [0.1, 0.15) is 0 Å². The maximum Gasteiger partial charge on any atom is 0.501 e. The number of benzene rings is 1. The Morgan fingerprint density at radius 3 is 2.38 bits per heavy atom. The zero-order valence-electron chi connectivity index (χ0n) is 15.4. The lowest BCUT2D eigenvalue weighted by Gasteiger charge is -2.31. The van der Waals surface area contributed by atoms with Gasteiger partial charge in [-0.15, -0.1) is 0 Å². The first-order valence-electron chi connectivity index (χ1n) is 9.06. The zero-order valence-corrected chi connectivity index (χ0v) is 16.4. The van der Waals surface area contributed by atoms with E-state index >= 15 is 0 Å². The molecule has 5 nitrogen and oxygen atoms in total. The number of hydrogen-bond acceptors (Lipinski definition) is 5. The molecule has 1 unspecified atom stereocenters. The van der Waals surface area contributed by atoms with Gasteiger partial charge in [-0.1, -0.05) is 30.3 Å². The Morgan fingerprint density at radius 1 is 1.12 bits per heavy atom. The first kappa shape index (κ1) is 21.3. The van der Waals surface area contributed by atoms with Crippen molar-refractivity contribution in [3.05, 3.63) is 35.9 Å². The highest BCUT2D eigenvalue weighted by Gasteiger charge is 2.41. The molecule has 1 aromatic carbocycles. The van der Waals surface area contributed by atoms with Crippen LogP contribution in [0.1, 0.15) is 39.2 Å². The Morgan fingerprint density at radius 2 is 1.79 bits per heavy atom. The Labute approximate surface area is 148 Å². The summed E-state index contributed by atoms with van der Waals surface area (Å²) < 4.78 is 18.1. The normalized spacial score (nSPS) is 13.2. The van der Waals surface area contributed by atoms with Crippen LogP contribution in [0, 0.1) is 0 Å². The van der Waals surface area contributed by atoms with E-state index in [0.29, 0.717) is 19.8 Å². The van der Waals surface area contributed by atoms with Crippen molar-refractivity contribution in [3.8, 4) is 0 Å². The van der Waals surface area contributed by atoms with E-state index in [4.69, 9.17) is 19.0 Å². The molecule has 0 aliphatic heterocycles. The summed E-state index contributed by atoms with van der Waals surface area (Å²) in [5.41, 5.74) is 6.95. The predicted octanol–water partition coefficient (Wildman–Crippen LogP) is 2.93. The van der Waals surface area contributed by atoms with Crippen molar-refractivity contribution in [3.63, 3.8) is 0 Å². The minimum atomic E-state index is -2.61. The van der Waals surface area contributed by atoms with Gasteiger partial charge >= 0.3 is 8.80 Å². The molecule has 0 radical (unpaired) electrons. The molecule has 1 aromatic rings. The average molecular weight is 355 g/mol. The second-order valence-corrected chi connectivity index (χ2v) is 8.50. The lowest BCUT2D eigenvalue weighted by atomic mass is 10.2. The molecular weight excluding hydrogens is 320 g/mol. The monoisotopic (exact) mass is 354 g/mol. The molecule has 0 aromatic heterocycles. The van der Waals surface area contributed by atoms with Crippen LogP contribution in [0.5, 0.6) is 0 Å². The summed E-state index contributed by atoms with van der Waals surface area (Å²) in [5, 5.41) is 3.46. The van der Waals surface area contributed by atoms with Gasteiger partial charge in [0, 0.05) is 31.9 Å². The third-order valence-electron chi connectivity index (χ3n) is 3.70. The number of nitrogens with one attached hydrogen (secondary N) is 1. The van der Waals surface area contributed by atoms with Crippen LogP contribution in [-0.4, -0.2) is 41.2 Å². The summed E-state index contributed by atoms with van der Waals surface area (Å²) in [6.07, 6.45) is 1.88. The van der Waals surface area contributed by atoms with E-state index in [2.05, 4.69) is 36.5 Å². The third-order valence-corrected chi connectivity index (χ3v) is 6.88. The van der Waals surface area contributed by atoms with E-state index in [0.717, 1.165) is 32.0 Å². The predicted molar refractivity (Wildman–Crippen MR) is 101 cm³/mol. The van der Waals surface area contributed by atoms with E-state index in [-0.39, 0.29) is 6.10 Å². The highest BCUT2D eigenvalue weighted by Crippen LogP contribution is 2.20. The summed E-state index contributed by atoms with van der Waals surface area (Å²) in [5.74, 6) is 0. The molecule has 0 heterocycles. The quantitative estimate of drug-likeness (QED) is 0.397. The molecule has 0 saturated heterocycles. The Hall–Kier alpha value is -0.763. The van der Waals surface area contributed by atoms with Crippen LogP contribution >= 0.6 is 0 Å². The van der Waals surface area contributed by atoms with Crippen molar-refractivity contribution in [1.82, 2.24) is 5.32 Å². The maximum absolute atomic E-state index is 6.27. The van der Waals surface area contributed by atoms with E-state index in [9.17, 15) is 0 Å². The van der Waals surface area contributed by atoms with Crippen LogP contribution in [0.15, 0.2) is 30.3 Å².